The molecule has 2 heterocycles. The Bertz CT molecular complexity index is 1340. The van der Waals surface area contributed by atoms with Gasteiger partial charge >= 0.3 is 5.63 Å². The molecular weight excluding hydrogens is 424 g/mol. The SMILES string of the molecule is CCCOc1ccc2cc(-c3csc(NS(=O)(=O)c4ccccc4)n3)c(=O)oc2c1. The van der Waals surface area contributed by atoms with Crippen LogP contribution in [0.2, 0.25) is 0 Å². The van der Waals surface area contributed by atoms with Crippen LogP contribution in [0.1, 0.15) is 13.3 Å². The van der Waals surface area contributed by atoms with E-state index in [2.05, 4.69) is 9.71 Å². The molecule has 2 aromatic heterocycles. The number of rotatable bonds is 7. The van der Waals surface area contributed by atoms with Gasteiger partial charge < -0.3 is 9.15 Å². The molecule has 0 saturated heterocycles. The van der Waals surface area contributed by atoms with E-state index in [1.165, 1.54) is 12.1 Å². The van der Waals surface area contributed by atoms with E-state index < -0.39 is 15.6 Å². The highest BCUT2D eigenvalue weighted by atomic mass is 32.2. The van der Waals surface area contributed by atoms with Crippen LogP contribution in [-0.2, 0) is 10.0 Å². The van der Waals surface area contributed by atoms with Crippen LogP contribution in [0.4, 0.5) is 5.13 Å². The van der Waals surface area contributed by atoms with Crippen molar-refractivity contribution < 1.29 is 17.6 Å². The monoisotopic (exact) mass is 442 g/mol. The summed E-state index contributed by atoms with van der Waals surface area (Å²) in [6.07, 6.45) is 0.876. The number of sulfonamides is 1. The van der Waals surface area contributed by atoms with Crippen molar-refractivity contribution in [2.24, 2.45) is 0 Å². The quantitative estimate of drug-likeness (QED) is 0.423. The van der Waals surface area contributed by atoms with Crippen LogP contribution in [0.15, 0.2) is 74.1 Å². The molecule has 2 aromatic carbocycles. The molecule has 30 heavy (non-hydrogen) atoms. The van der Waals surface area contributed by atoms with Gasteiger partial charge in [0.05, 0.1) is 22.8 Å². The summed E-state index contributed by atoms with van der Waals surface area (Å²) >= 11 is 1.09. The van der Waals surface area contributed by atoms with Crippen LogP contribution in [0.3, 0.4) is 0 Å². The highest BCUT2D eigenvalue weighted by Gasteiger charge is 2.17. The normalized spacial score (nSPS) is 11.5. The Balaban J connectivity index is 1.63. The molecule has 0 aliphatic heterocycles. The standard InChI is InChI=1S/C21H18N2O5S2/c1-2-10-27-15-9-8-14-11-17(20(24)28-19(14)12-15)18-13-29-21(22-18)23-30(25,26)16-6-4-3-5-7-16/h3-9,11-13H,2,10H2,1H3,(H,22,23). The minimum Gasteiger partial charge on any atom is -0.493 e. The molecule has 0 aliphatic rings. The summed E-state index contributed by atoms with van der Waals surface area (Å²) in [4.78, 5) is 16.9. The molecule has 0 atom stereocenters. The van der Waals surface area contributed by atoms with Crippen molar-refractivity contribution in [1.29, 1.82) is 0 Å². The third kappa shape index (κ3) is 4.22. The molecule has 0 bridgehead atoms. The Hall–Kier alpha value is -3.17. The molecule has 0 aliphatic carbocycles. The van der Waals surface area contributed by atoms with Crippen molar-refractivity contribution in [3.63, 3.8) is 0 Å². The summed E-state index contributed by atoms with van der Waals surface area (Å²) in [5, 5.41) is 2.49. The van der Waals surface area contributed by atoms with E-state index in [1.807, 2.05) is 13.0 Å². The number of nitrogens with zero attached hydrogens (tertiary/aromatic N) is 1. The predicted molar refractivity (Wildman–Crippen MR) is 117 cm³/mol. The predicted octanol–water partition coefficient (Wildman–Crippen LogP) is 4.51. The molecule has 0 fully saturated rings. The van der Waals surface area contributed by atoms with Gasteiger partial charge in [-0.1, -0.05) is 25.1 Å². The van der Waals surface area contributed by atoms with E-state index in [4.69, 9.17) is 9.15 Å². The van der Waals surface area contributed by atoms with E-state index in [9.17, 15) is 13.2 Å². The summed E-state index contributed by atoms with van der Waals surface area (Å²) in [5.41, 5.74) is 0.453. The highest BCUT2D eigenvalue weighted by Crippen LogP contribution is 2.28. The van der Waals surface area contributed by atoms with Gasteiger partial charge in [0.1, 0.15) is 11.3 Å². The highest BCUT2D eigenvalue weighted by molar-refractivity contribution is 7.93. The topological polar surface area (TPSA) is 98.5 Å². The number of hydrogen-bond acceptors (Lipinski definition) is 7. The maximum absolute atomic E-state index is 12.5. The van der Waals surface area contributed by atoms with Gasteiger partial charge in [-0.2, -0.15) is 0 Å². The largest absolute Gasteiger partial charge is 0.493 e. The minimum atomic E-state index is -3.76. The molecular formula is C21H18N2O5S2. The molecule has 9 heteroatoms. The first kappa shape index (κ1) is 20.1. The number of thiazole rings is 1. The maximum atomic E-state index is 12.5. The second-order valence-corrected chi connectivity index (χ2v) is 8.99. The van der Waals surface area contributed by atoms with Gasteiger partial charge in [-0.3, -0.25) is 4.72 Å². The Morgan fingerprint density at radius 1 is 1.13 bits per heavy atom. The molecule has 0 amide bonds. The van der Waals surface area contributed by atoms with Gasteiger partial charge in [-0.05, 0) is 36.8 Å². The van der Waals surface area contributed by atoms with E-state index in [-0.39, 0.29) is 15.6 Å². The fourth-order valence-electron chi connectivity index (χ4n) is 2.80. The first-order valence-corrected chi connectivity index (χ1v) is 11.6. The maximum Gasteiger partial charge on any atom is 0.345 e. The first-order valence-electron chi connectivity index (χ1n) is 9.21. The zero-order valence-corrected chi connectivity index (χ0v) is 17.6. The first-order chi connectivity index (χ1) is 14.5. The number of aromatic nitrogens is 1. The van der Waals surface area contributed by atoms with Crippen LogP contribution in [0.5, 0.6) is 5.75 Å². The molecule has 4 rings (SSSR count). The fourth-order valence-corrected chi connectivity index (χ4v) is 4.78. The fraction of sp³-hybridized carbons (Fsp3) is 0.143. The Labute approximate surface area is 177 Å². The number of hydrogen-bond donors (Lipinski definition) is 1. The van der Waals surface area contributed by atoms with Gasteiger partial charge in [0.2, 0.25) is 0 Å². The Kier molecular flexibility index (Phi) is 5.56. The van der Waals surface area contributed by atoms with E-state index in [0.29, 0.717) is 29.0 Å². The number of ether oxygens (including phenoxy) is 1. The second-order valence-electron chi connectivity index (χ2n) is 6.45. The molecule has 0 spiro atoms. The van der Waals surface area contributed by atoms with Crippen LogP contribution in [0, 0.1) is 0 Å². The summed E-state index contributed by atoms with van der Waals surface area (Å²) in [6.45, 7) is 2.59. The van der Waals surface area contributed by atoms with E-state index in [0.717, 1.165) is 17.8 Å². The second kappa shape index (κ2) is 8.29. The Morgan fingerprint density at radius 3 is 2.70 bits per heavy atom. The number of anilines is 1. The van der Waals surface area contributed by atoms with Crippen LogP contribution in [0.25, 0.3) is 22.2 Å². The molecule has 1 N–H and O–H groups in total. The van der Waals surface area contributed by atoms with Crippen molar-refractivity contribution in [2.45, 2.75) is 18.2 Å². The third-order valence-corrected chi connectivity index (χ3v) is 6.48. The number of fused-ring (bicyclic) bond motifs is 1. The summed E-state index contributed by atoms with van der Waals surface area (Å²) in [7, 11) is -3.76. The van der Waals surface area contributed by atoms with Crippen molar-refractivity contribution in [1.82, 2.24) is 4.98 Å². The van der Waals surface area contributed by atoms with Crippen molar-refractivity contribution in [2.75, 3.05) is 11.3 Å². The summed E-state index contributed by atoms with van der Waals surface area (Å²) in [6, 6.07) is 15.0. The number of nitrogens with one attached hydrogen (secondary N) is 1. The van der Waals surface area contributed by atoms with E-state index >= 15 is 0 Å². The third-order valence-electron chi connectivity index (χ3n) is 4.24. The van der Waals surface area contributed by atoms with Crippen molar-refractivity contribution >= 4 is 37.5 Å². The Morgan fingerprint density at radius 2 is 1.93 bits per heavy atom. The van der Waals surface area contributed by atoms with Gasteiger partial charge in [0, 0.05) is 16.8 Å². The molecule has 7 nitrogen and oxygen atoms in total. The van der Waals surface area contributed by atoms with Gasteiger partial charge in [0.25, 0.3) is 10.0 Å². The zero-order chi connectivity index (χ0) is 21.1. The average Bonchev–Trinajstić information content (AvgIpc) is 3.19. The van der Waals surface area contributed by atoms with Gasteiger partial charge in [-0.25, -0.2) is 18.2 Å². The van der Waals surface area contributed by atoms with Crippen molar-refractivity contribution in [3.8, 4) is 17.0 Å². The molecule has 0 unspecified atom stereocenters. The molecule has 4 aromatic rings. The summed E-state index contributed by atoms with van der Waals surface area (Å²) < 4.78 is 38.4. The number of benzene rings is 2. The average molecular weight is 443 g/mol. The lowest BCUT2D eigenvalue weighted by Crippen LogP contribution is -2.12. The molecule has 0 saturated carbocycles. The lowest BCUT2D eigenvalue weighted by atomic mass is 10.1. The molecule has 154 valence electrons. The lowest BCUT2D eigenvalue weighted by Gasteiger charge is -2.06. The van der Waals surface area contributed by atoms with Crippen LogP contribution in [-0.4, -0.2) is 20.0 Å². The van der Waals surface area contributed by atoms with E-state index in [1.54, 1.807) is 41.8 Å². The zero-order valence-electron chi connectivity index (χ0n) is 16.0. The summed E-state index contributed by atoms with van der Waals surface area (Å²) in [5.74, 6) is 0.631. The lowest BCUT2D eigenvalue weighted by molar-refractivity contribution is 0.317. The van der Waals surface area contributed by atoms with Gasteiger partial charge in [0.15, 0.2) is 5.13 Å². The van der Waals surface area contributed by atoms with Crippen LogP contribution >= 0.6 is 11.3 Å². The smallest absolute Gasteiger partial charge is 0.345 e. The van der Waals surface area contributed by atoms with Crippen LogP contribution < -0.4 is 15.1 Å². The van der Waals surface area contributed by atoms with Crippen molar-refractivity contribution in [3.05, 3.63) is 70.4 Å². The van der Waals surface area contributed by atoms with Gasteiger partial charge in [-0.15, -0.1) is 11.3 Å². The minimum absolute atomic E-state index is 0.132. The molecule has 0 radical (unpaired) electrons.